The first-order valence-corrected chi connectivity index (χ1v) is 8.87. The quantitative estimate of drug-likeness (QED) is 0.841. The van der Waals surface area contributed by atoms with E-state index in [0.717, 1.165) is 5.56 Å². The SMILES string of the molecule is O=C1CCC(C(=O)Nc2cccc(Cl)c2)[C@H](c2cccc(Cl)c2)CN1. The van der Waals surface area contributed by atoms with E-state index in [-0.39, 0.29) is 23.7 Å². The van der Waals surface area contributed by atoms with Crippen LogP contribution in [0.3, 0.4) is 0 Å². The number of rotatable bonds is 3. The van der Waals surface area contributed by atoms with Crippen molar-refractivity contribution in [2.75, 3.05) is 11.9 Å². The van der Waals surface area contributed by atoms with Crippen molar-refractivity contribution >= 4 is 40.7 Å². The Bertz CT molecular complexity index is 794. The zero-order valence-electron chi connectivity index (χ0n) is 13.5. The van der Waals surface area contributed by atoms with E-state index in [2.05, 4.69) is 10.6 Å². The van der Waals surface area contributed by atoms with Crippen LogP contribution in [0, 0.1) is 5.92 Å². The average Bonchev–Trinajstić information content (AvgIpc) is 2.77. The standard InChI is InChI=1S/C19H18Cl2N2O2/c20-13-4-1-3-12(9-13)17-11-22-18(24)8-7-16(17)19(25)23-15-6-2-5-14(21)10-15/h1-6,9-10,16-17H,7-8,11H2,(H,22,24)(H,23,25)/t16?,17-/m0/s1. The topological polar surface area (TPSA) is 58.2 Å². The third kappa shape index (κ3) is 4.53. The Balaban J connectivity index is 1.86. The maximum atomic E-state index is 12.9. The van der Waals surface area contributed by atoms with E-state index in [1.807, 2.05) is 18.2 Å². The molecule has 1 aliphatic heterocycles. The van der Waals surface area contributed by atoms with Gasteiger partial charge in [0.05, 0.1) is 0 Å². The summed E-state index contributed by atoms with van der Waals surface area (Å²) in [4.78, 5) is 24.7. The lowest BCUT2D eigenvalue weighted by atomic mass is 9.83. The van der Waals surface area contributed by atoms with Gasteiger partial charge in [0, 0.05) is 40.5 Å². The summed E-state index contributed by atoms with van der Waals surface area (Å²) in [6.45, 7) is 0.410. The summed E-state index contributed by atoms with van der Waals surface area (Å²) in [5.74, 6) is -0.630. The monoisotopic (exact) mass is 376 g/mol. The van der Waals surface area contributed by atoms with Crippen molar-refractivity contribution in [3.8, 4) is 0 Å². The average molecular weight is 377 g/mol. The molecule has 130 valence electrons. The van der Waals surface area contributed by atoms with Gasteiger partial charge in [-0.15, -0.1) is 0 Å². The van der Waals surface area contributed by atoms with Crippen molar-refractivity contribution in [2.45, 2.75) is 18.8 Å². The van der Waals surface area contributed by atoms with Crippen molar-refractivity contribution in [3.63, 3.8) is 0 Å². The summed E-state index contributed by atoms with van der Waals surface area (Å²) in [5, 5.41) is 6.97. The molecule has 2 atom stereocenters. The van der Waals surface area contributed by atoms with Crippen LogP contribution in [0.2, 0.25) is 10.0 Å². The van der Waals surface area contributed by atoms with Crippen LogP contribution in [0.5, 0.6) is 0 Å². The van der Waals surface area contributed by atoms with Crippen LogP contribution >= 0.6 is 23.2 Å². The number of carbonyl (C=O) groups is 2. The fourth-order valence-electron chi connectivity index (χ4n) is 3.14. The molecule has 25 heavy (non-hydrogen) atoms. The minimum atomic E-state index is -0.337. The number of amides is 2. The molecule has 3 rings (SSSR count). The molecule has 6 heteroatoms. The van der Waals surface area contributed by atoms with Crippen LogP contribution in [0.15, 0.2) is 48.5 Å². The normalized spacial score (nSPS) is 20.5. The molecular formula is C19H18Cl2N2O2. The van der Waals surface area contributed by atoms with Gasteiger partial charge in [0.2, 0.25) is 11.8 Å². The molecular weight excluding hydrogens is 359 g/mol. The molecule has 4 nitrogen and oxygen atoms in total. The zero-order valence-corrected chi connectivity index (χ0v) is 15.0. The van der Waals surface area contributed by atoms with E-state index in [1.165, 1.54) is 0 Å². The molecule has 2 aromatic rings. The van der Waals surface area contributed by atoms with Gasteiger partial charge in [-0.2, -0.15) is 0 Å². The zero-order chi connectivity index (χ0) is 17.8. The van der Waals surface area contributed by atoms with E-state index in [9.17, 15) is 9.59 Å². The molecule has 2 aromatic carbocycles. The second-order valence-corrected chi connectivity index (χ2v) is 6.98. The molecule has 0 saturated carbocycles. The second kappa shape index (κ2) is 7.89. The molecule has 0 radical (unpaired) electrons. The summed E-state index contributed by atoms with van der Waals surface area (Å²) in [5.41, 5.74) is 1.59. The maximum absolute atomic E-state index is 12.9. The van der Waals surface area contributed by atoms with E-state index in [4.69, 9.17) is 23.2 Å². The summed E-state index contributed by atoms with van der Waals surface area (Å²) in [6, 6.07) is 14.5. The minimum Gasteiger partial charge on any atom is -0.355 e. The predicted octanol–water partition coefficient (Wildman–Crippen LogP) is 4.24. The summed E-state index contributed by atoms with van der Waals surface area (Å²) in [7, 11) is 0. The van der Waals surface area contributed by atoms with Crippen molar-refractivity contribution in [3.05, 3.63) is 64.1 Å². The van der Waals surface area contributed by atoms with Crippen molar-refractivity contribution in [1.29, 1.82) is 0 Å². The van der Waals surface area contributed by atoms with Gasteiger partial charge >= 0.3 is 0 Å². The van der Waals surface area contributed by atoms with Crippen molar-refractivity contribution in [1.82, 2.24) is 5.32 Å². The Morgan fingerprint density at radius 2 is 1.80 bits per heavy atom. The third-order valence-electron chi connectivity index (χ3n) is 4.39. The van der Waals surface area contributed by atoms with Gasteiger partial charge in [0.1, 0.15) is 0 Å². The number of hydrogen-bond donors (Lipinski definition) is 2. The predicted molar refractivity (Wildman–Crippen MR) is 100 cm³/mol. The van der Waals surface area contributed by atoms with Gasteiger partial charge in [-0.05, 0) is 42.3 Å². The first-order valence-electron chi connectivity index (χ1n) is 8.11. The molecule has 0 aromatic heterocycles. The van der Waals surface area contributed by atoms with Crippen LogP contribution < -0.4 is 10.6 Å². The first kappa shape index (κ1) is 17.8. The Morgan fingerprint density at radius 3 is 2.52 bits per heavy atom. The molecule has 1 aliphatic rings. The molecule has 0 aliphatic carbocycles. The molecule has 1 saturated heterocycles. The smallest absolute Gasteiger partial charge is 0.228 e. The van der Waals surface area contributed by atoms with Crippen LogP contribution in [-0.2, 0) is 9.59 Å². The van der Waals surface area contributed by atoms with Crippen LogP contribution in [0.1, 0.15) is 24.3 Å². The summed E-state index contributed by atoms with van der Waals surface area (Å²) < 4.78 is 0. The molecule has 0 spiro atoms. The molecule has 1 heterocycles. The summed E-state index contributed by atoms with van der Waals surface area (Å²) >= 11 is 12.1. The maximum Gasteiger partial charge on any atom is 0.228 e. The van der Waals surface area contributed by atoms with E-state index in [1.54, 1.807) is 30.3 Å². The van der Waals surface area contributed by atoms with Crippen molar-refractivity contribution in [2.24, 2.45) is 5.92 Å². The van der Waals surface area contributed by atoms with Gasteiger partial charge in [-0.1, -0.05) is 41.4 Å². The Kier molecular flexibility index (Phi) is 5.61. The highest BCUT2D eigenvalue weighted by molar-refractivity contribution is 6.31. The van der Waals surface area contributed by atoms with Gasteiger partial charge < -0.3 is 10.6 Å². The molecule has 0 bridgehead atoms. The van der Waals surface area contributed by atoms with Crippen LogP contribution in [-0.4, -0.2) is 18.4 Å². The van der Waals surface area contributed by atoms with Crippen LogP contribution in [0.4, 0.5) is 5.69 Å². The van der Waals surface area contributed by atoms with Gasteiger partial charge in [-0.3, -0.25) is 9.59 Å². The number of hydrogen-bond acceptors (Lipinski definition) is 2. The second-order valence-electron chi connectivity index (χ2n) is 6.11. The highest BCUT2D eigenvalue weighted by Crippen LogP contribution is 2.32. The number of carbonyl (C=O) groups excluding carboxylic acids is 2. The lowest BCUT2D eigenvalue weighted by molar-refractivity contribution is -0.121. The first-order chi connectivity index (χ1) is 12.0. The van der Waals surface area contributed by atoms with Gasteiger partial charge in [0.25, 0.3) is 0 Å². The lowest BCUT2D eigenvalue weighted by Gasteiger charge is -2.24. The number of nitrogens with one attached hydrogen (secondary N) is 2. The Labute approximate surface area is 156 Å². The highest BCUT2D eigenvalue weighted by atomic mass is 35.5. The number of halogens is 2. The largest absolute Gasteiger partial charge is 0.355 e. The Morgan fingerprint density at radius 1 is 1.08 bits per heavy atom. The van der Waals surface area contributed by atoms with E-state index >= 15 is 0 Å². The lowest BCUT2D eigenvalue weighted by Crippen LogP contribution is -2.32. The van der Waals surface area contributed by atoms with Gasteiger partial charge in [-0.25, -0.2) is 0 Å². The van der Waals surface area contributed by atoms with E-state index in [0.29, 0.717) is 35.1 Å². The molecule has 1 unspecified atom stereocenters. The fourth-order valence-corrected chi connectivity index (χ4v) is 3.53. The Hall–Kier alpha value is -2.04. The number of anilines is 1. The van der Waals surface area contributed by atoms with Gasteiger partial charge in [0.15, 0.2) is 0 Å². The summed E-state index contributed by atoms with van der Waals surface area (Å²) in [6.07, 6.45) is 0.806. The number of benzene rings is 2. The minimum absolute atomic E-state index is 0.0370. The molecule has 1 fully saturated rings. The third-order valence-corrected chi connectivity index (χ3v) is 4.86. The highest BCUT2D eigenvalue weighted by Gasteiger charge is 2.33. The molecule has 2 N–H and O–H groups in total. The molecule has 2 amide bonds. The van der Waals surface area contributed by atoms with Crippen molar-refractivity contribution < 1.29 is 9.59 Å². The van der Waals surface area contributed by atoms with E-state index < -0.39 is 0 Å². The fraction of sp³-hybridized carbons (Fsp3) is 0.263. The van der Waals surface area contributed by atoms with Crippen LogP contribution in [0.25, 0.3) is 0 Å².